The minimum Gasteiger partial charge on any atom is -0.389 e. The average Bonchev–Trinajstić information content (AvgIpc) is 2.32. The summed E-state index contributed by atoms with van der Waals surface area (Å²) in [5.74, 6) is -0.356. The van der Waals surface area contributed by atoms with E-state index in [1.807, 2.05) is 0 Å². The number of nitrogens with zero attached hydrogens (tertiary/aromatic N) is 1. The van der Waals surface area contributed by atoms with Crippen molar-refractivity contribution in [2.45, 2.75) is 13.5 Å². The number of halogens is 2. The predicted molar refractivity (Wildman–Crippen MR) is 84.5 cm³/mol. The lowest BCUT2D eigenvalue weighted by Crippen LogP contribution is -2.30. The summed E-state index contributed by atoms with van der Waals surface area (Å²) in [5, 5.41) is 0. The Balaban J connectivity index is 2.50. The molecule has 1 aromatic heterocycles. The highest BCUT2D eigenvalue weighted by Crippen LogP contribution is 2.16. The minimum absolute atomic E-state index is 0.0594. The van der Waals surface area contributed by atoms with Crippen molar-refractivity contribution in [3.63, 3.8) is 0 Å². The Bertz CT molecular complexity index is 722. The second-order valence-electron chi connectivity index (χ2n) is 4.42. The first-order valence-electron chi connectivity index (χ1n) is 5.83. The molecule has 0 atom stereocenters. The van der Waals surface area contributed by atoms with Crippen LogP contribution >= 0.6 is 28.1 Å². The van der Waals surface area contributed by atoms with Crippen LogP contribution in [0.5, 0.6) is 0 Å². The van der Waals surface area contributed by atoms with Crippen LogP contribution in [0.3, 0.4) is 0 Å². The first-order chi connectivity index (χ1) is 9.38. The quantitative estimate of drug-likeness (QED) is 0.862. The van der Waals surface area contributed by atoms with Crippen molar-refractivity contribution in [2.75, 3.05) is 0 Å². The molecule has 0 fully saturated rings. The van der Waals surface area contributed by atoms with Crippen LogP contribution in [-0.4, -0.2) is 9.56 Å². The van der Waals surface area contributed by atoms with Gasteiger partial charge in [0, 0.05) is 10.2 Å². The molecule has 0 aliphatic carbocycles. The molecule has 0 amide bonds. The van der Waals surface area contributed by atoms with E-state index in [0.717, 1.165) is 5.69 Å². The van der Waals surface area contributed by atoms with Gasteiger partial charge in [0.2, 0.25) is 0 Å². The van der Waals surface area contributed by atoms with Gasteiger partial charge in [-0.1, -0.05) is 28.1 Å². The number of rotatable bonds is 3. The van der Waals surface area contributed by atoms with Crippen molar-refractivity contribution in [3.05, 3.63) is 67.8 Å². The van der Waals surface area contributed by atoms with Crippen LogP contribution in [0, 0.1) is 12.7 Å². The fourth-order valence-electron chi connectivity index (χ4n) is 1.94. The lowest BCUT2D eigenvalue weighted by Gasteiger charge is -2.12. The Morgan fingerprint density at radius 1 is 1.40 bits per heavy atom. The number of benzene rings is 1. The number of thiocarbonyl (C=S) groups is 1. The molecule has 6 heteroatoms. The molecule has 0 saturated heterocycles. The van der Waals surface area contributed by atoms with Gasteiger partial charge in [0.15, 0.2) is 0 Å². The normalized spacial score (nSPS) is 10.6. The molecule has 2 aromatic rings. The molecule has 20 heavy (non-hydrogen) atoms. The molecule has 0 aliphatic rings. The molecule has 0 radical (unpaired) electrons. The van der Waals surface area contributed by atoms with Gasteiger partial charge in [0.25, 0.3) is 5.56 Å². The van der Waals surface area contributed by atoms with Gasteiger partial charge in [-0.2, -0.15) is 0 Å². The standard InChI is InChI=1S/C14H12BrFN2OS/c1-8-2-3-12(13(17)20)14(19)18(8)7-9-4-10(15)6-11(16)5-9/h2-6H,7H2,1H3,(H2,17,20). The van der Waals surface area contributed by atoms with Gasteiger partial charge >= 0.3 is 0 Å². The summed E-state index contributed by atoms with van der Waals surface area (Å²) >= 11 is 8.09. The Labute approximate surface area is 129 Å². The van der Waals surface area contributed by atoms with E-state index in [2.05, 4.69) is 15.9 Å². The van der Waals surface area contributed by atoms with Crippen LogP contribution < -0.4 is 11.3 Å². The summed E-state index contributed by atoms with van der Waals surface area (Å²) < 4.78 is 15.5. The maximum Gasteiger partial charge on any atom is 0.261 e. The molecule has 2 N–H and O–H groups in total. The third kappa shape index (κ3) is 3.13. The Hall–Kier alpha value is -1.53. The second-order valence-corrected chi connectivity index (χ2v) is 5.78. The van der Waals surface area contributed by atoms with Gasteiger partial charge in [-0.3, -0.25) is 4.79 Å². The molecule has 0 unspecified atom stereocenters. The molecule has 1 aromatic carbocycles. The second kappa shape index (κ2) is 5.85. The molecular formula is C14H12BrFN2OS. The maximum atomic E-state index is 13.4. The van der Waals surface area contributed by atoms with Gasteiger partial charge in [-0.15, -0.1) is 0 Å². The van der Waals surface area contributed by atoms with E-state index in [1.165, 1.54) is 16.7 Å². The number of aromatic nitrogens is 1. The molecule has 3 nitrogen and oxygen atoms in total. The summed E-state index contributed by atoms with van der Waals surface area (Å²) in [4.78, 5) is 12.4. The molecule has 0 bridgehead atoms. The van der Waals surface area contributed by atoms with Crippen molar-refractivity contribution in [2.24, 2.45) is 5.73 Å². The molecular weight excluding hydrogens is 343 g/mol. The van der Waals surface area contributed by atoms with E-state index in [4.69, 9.17) is 18.0 Å². The molecule has 104 valence electrons. The van der Waals surface area contributed by atoms with Gasteiger partial charge < -0.3 is 10.3 Å². The first-order valence-corrected chi connectivity index (χ1v) is 7.04. The largest absolute Gasteiger partial charge is 0.389 e. The Kier molecular flexibility index (Phi) is 4.35. The van der Waals surface area contributed by atoms with Crippen molar-refractivity contribution in [1.29, 1.82) is 0 Å². The highest BCUT2D eigenvalue weighted by Gasteiger charge is 2.09. The average molecular weight is 355 g/mol. The number of nitrogens with two attached hydrogens (primary N) is 1. The topological polar surface area (TPSA) is 48.0 Å². The number of pyridine rings is 1. The number of hydrogen-bond acceptors (Lipinski definition) is 2. The van der Waals surface area contributed by atoms with Crippen molar-refractivity contribution >= 4 is 33.1 Å². The highest BCUT2D eigenvalue weighted by atomic mass is 79.9. The maximum absolute atomic E-state index is 13.4. The monoisotopic (exact) mass is 354 g/mol. The first kappa shape index (κ1) is 14.9. The summed E-state index contributed by atoms with van der Waals surface area (Å²) in [6.07, 6.45) is 0. The zero-order valence-electron chi connectivity index (χ0n) is 10.7. The SMILES string of the molecule is Cc1ccc(C(N)=S)c(=O)n1Cc1cc(F)cc(Br)c1. The van der Waals surface area contributed by atoms with E-state index in [-0.39, 0.29) is 22.9 Å². The predicted octanol–water partition coefficient (Wildman–Crippen LogP) is 2.74. The Morgan fingerprint density at radius 3 is 2.70 bits per heavy atom. The minimum atomic E-state index is -0.356. The van der Waals surface area contributed by atoms with E-state index >= 15 is 0 Å². The molecule has 2 rings (SSSR count). The van der Waals surface area contributed by atoms with Gasteiger partial charge in [0.05, 0.1) is 12.1 Å². The van der Waals surface area contributed by atoms with E-state index in [9.17, 15) is 9.18 Å². The summed E-state index contributed by atoms with van der Waals surface area (Å²) in [7, 11) is 0. The number of aryl methyl sites for hydroxylation is 1. The van der Waals surface area contributed by atoms with E-state index < -0.39 is 0 Å². The van der Waals surface area contributed by atoms with Crippen molar-refractivity contribution in [3.8, 4) is 0 Å². The van der Waals surface area contributed by atoms with Gasteiger partial charge in [-0.05, 0) is 42.8 Å². The third-order valence-corrected chi connectivity index (χ3v) is 3.60. The smallest absolute Gasteiger partial charge is 0.261 e. The Morgan fingerprint density at radius 2 is 2.10 bits per heavy atom. The molecule has 0 spiro atoms. The van der Waals surface area contributed by atoms with E-state index in [1.54, 1.807) is 25.1 Å². The van der Waals surface area contributed by atoms with Gasteiger partial charge in [0.1, 0.15) is 10.8 Å². The van der Waals surface area contributed by atoms with Crippen molar-refractivity contribution < 1.29 is 4.39 Å². The van der Waals surface area contributed by atoms with Crippen LogP contribution in [0.4, 0.5) is 4.39 Å². The van der Waals surface area contributed by atoms with Crippen LogP contribution in [0.15, 0.2) is 39.6 Å². The summed E-state index contributed by atoms with van der Waals surface area (Å²) in [5.41, 5.74) is 6.99. The zero-order valence-corrected chi connectivity index (χ0v) is 13.1. The third-order valence-electron chi connectivity index (χ3n) is 2.92. The number of hydrogen-bond donors (Lipinski definition) is 1. The summed E-state index contributed by atoms with van der Waals surface area (Å²) in [6.45, 7) is 2.07. The summed E-state index contributed by atoms with van der Waals surface area (Å²) in [6, 6.07) is 7.90. The molecule has 0 saturated carbocycles. The van der Waals surface area contributed by atoms with Crippen LogP contribution in [-0.2, 0) is 6.54 Å². The lowest BCUT2D eigenvalue weighted by molar-refractivity contribution is 0.621. The fraction of sp³-hybridized carbons (Fsp3) is 0.143. The van der Waals surface area contributed by atoms with Crippen LogP contribution in [0.1, 0.15) is 16.8 Å². The fourth-order valence-corrected chi connectivity index (χ4v) is 2.61. The van der Waals surface area contributed by atoms with Crippen LogP contribution in [0.25, 0.3) is 0 Å². The van der Waals surface area contributed by atoms with E-state index in [0.29, 0.717) is 15.6 Å². The van der Waals surface area contributed by atoms with Crippen LogP contribution in [0.2, 0.25) is 0 Å². The lowest BCUT2D eigenvalue weighted by atomic mass is 10.2. The zero-order chi connectivity index (χ0) is 14.9. The highest BCUT2D eigenvalue weighted by molar-refractivity contribution is 9.10. The van der Waals surface area contributed by atoms with Crippen molar-refractivity contribution in [1.82, 2.24) is 4.57 Å². The molecule has 0 aliphatic heterocycles. The van der Waals surface area contributed by atoms with Gasteiger partial charge in [-0.25, -0.2) is 4.39 Å². The molecule has 1 heterocycles.